The lowest BCUT2D eigenvalue weighted by molar-refractivity contribution is 0.0593. The molecule has 0 bridgehead atoms. The number of nitrogens with two attached hydrogens (primary N) is 1. The van der Waals surface area contributed by atoms with Gasteiger partial charge in [0, 0.05) is 25.9 Å². The summed E-state index contributed by atoms with van der Waals surface area (Å²) < 4.78 is 18.1. The van der Waals surface area contributed by atoms with Gasteiger partial charge in [-0.15, -0.1) is 0 Å². The second kappa shape index (κ2) is 14.0. The minimum atomic E-state index is -2.51. The van der Waals surface area contributed by atoms with E-state index in [9.17, 15) is 0 Å². The third-order valence-corrected chi connectivity index (χ3v) is 5.54. The van der Waals surface area contributed by atoms with Crippen molar-refractivity contribution in [1.29, 1.82) is 0 Å². The molecule has 0 spiro atoms. The molecule has 0 aromatic rings. The molecule has 20 heavy (non-hydrogen) atoms. The van der Waals surface area contributed by atoms with Crippen molar-refractivity contribution in [1.82, 2.24) is 5.32 Å². The first-order valence-corrected chi connectivity index (χ1v) is 10.0. The molecule has 0 aliphatic heterocycles. The van der Waals surface area contributed by atoms with Crippen molar-refractivity contribution in [2.24, 2.45) is 5.73 Å². The molecule has 0 aliphatic rings. The van der Waals surface area contributed by atoms with E-state index in [1.165, 1.54) is 0 Å². The second-order valence-corrected chi connectivity index (χ2v) is 7.60. The van der Waals surface area contributed by atoms with Crippen LogP contribution in [0.2, 0.25) is 6.04 Å². The molecule has 0 saturated carbocycles. The largest absolute Gasteiger partial charge is 0.502 e. The zero-order valence-electron chi connectivity index (χ0n) is 13.6. The van der Waals surface area contributed by atoms with Crippen LogP contribution in [0.25, 0.3) is 0 Å². The number of nitrogens with one attached hydrogen (secondary N) is 1. The smallest absolute Gasteiger partial charge is 0.373 e. The number of hydrogen-bond acceptors (Lipinski definition) is 5. The molecule has 0 fully saturated rings. The van der Waals surface area contributed by atoms with Gasteiger partial charge in [0.25, 0.3) is 0 Å². The van der Waals surface area contributed by atoms with Gasteiger partial charge < -0.3 is 24.3 Å². The number of hydrogen-bond donors (Lipinski definition) is 2. The number of rotatable bonds is 15. The third kappa shape index (κ3) is 9.85. The van der Waals surface area contributed by atoms with Crippen LogP contribution in [-0.4, -0.2) is 48.3 Å². The molecule has 0 heterocycles. The second-order valence-electron chi connectivity index (χ2n) is 4.87. The molecule has 3 N–H and O–H groups in total. The molecule has 0 rings (SSSR count). The highest BCUT2D eigenvalue weighted by Gasteiger charge is 2.40. The third-order valence-electron chi connectivity index (χ3n) is 2.74. The molecular formula is C14H34N2O3Si. The summed E-state index contributed by atoms with van der Waals surface area (Å²) in [6.45, 7) is 11.0. The summed E-state index contributed by atoms with van der Waals surface area (Å²) in [5.74, 6) is 0. The van der Waals surface area contributed by atoms with Crippen molar-refractivity contribution in [3.63, 3.8) is 0 Å². The minimum Gasteiger partial charge on any atom is -0.373 e. The van der Waals surface area contributed by atoms with Gasteiger partial charge in [0.05, 0.1) is 0 Å². The Morgan fingerprint density at radius 2 is 1.35 bits per heavy atom. The molecule has 0 atom stereocenters. The van der Waals surface area contributed by atoms with Gasteiger partial charge in [-0.1, -0.05) is 20.8 Å². The average molecular weight is 307 g/mol. The minimum absolute atomic E-state index is 0.711. The van der Waals surface area contributed by atoms with E-state index < -0.39 is 8.80 Å². The maximum Gasteiger partial charge on any atom is 0.502 e. The summed E-state index contributed by atoms with van der Waals surface area (Å²) >= 11 is 0. The Morgan fingerprint density at radius 3 is 1.75 bits per heavy atom. The quantitative estimate of drug-likeness (QED) is 0.358. The van der Waals surface area contributed by atoms with Crippen molar-refractivity contribution in [3.8, 4) is 0 Å². The van der Waals surface area contributed by atoms with Crippen LogP contribution in [0.15, 0.2) is 0 Å². The van der Waals surface area contributed by atoms with Gasteiger partial charge >= 0.3 is 8.80 Å². The van der Waals surface area contributed by atoms with Crippen LogP contribution in [-0.2, 0) is 13.3 Å². The molecule has 122 valence electrons. The Kier molecular flexibility index (Phi) is 14.0. The van der Waals surface area contributed by atoms with Gasteiger partial charge in [-0.25, -0.2) is 0 Å². The van der Waals surface area contributed by atoms with E-state index >= 15 is 0 Å². The van der Waals surface area contributed by atoms with E-state index in [4.69, 9.17) is 19.0 Å². The van der Waals surface area contributed by atoms with E-state index in [-0.39, 0.29) is 0 Å². The normalized spacial score (nSPS) is 12.0. The fourth-order valence-corrected chi connectivity index (χ4v) is 4.42. The molecule has 0 radical (unpaired) electrons. The lowest BCUT2D eigenvalue weighted by Crippen LogP contribution is -2.48. The molecule has 0 saturated heterocycles. The molecule has 0 amide bonds. The summed E-state index contributed by atoms with van der Waals surface area (Å²) in [6, 6.07) is 0.831. The first-order chi connectivity index (χ1) is 9.74. The van der Waals surface area contributed by atoms with Gasteiger partial charge in [-0.2, -0.15) is 0 Å². The van der Waals surface area contributed by atoms with Crippen LogP contribution >= 0.6 is 0 Å². The van der Waals surface area contributed by atoms with Gasteiger partial charge in [0.15, 0.2) is 0 Å². The molecule has 6 heteroatoms. The maximum absolute atomic E-state index is 6.02. The predicted molar refractivity (Wildman–Crippen MR) is 85.8 cm³/mol. The van der Waals surface area contributed by atoms with E-state index in [0.29, 0.717) is 19.8 Å². The fraction of sp³-hybridized carbons (Fsp3) is 1.00. The summed E-state index contributed by atoms with van der Waals surface area (Å²) in [7, 11) is -2.51. The van der Waals surface area contributed by atoms with E-state index in [2.05, 4.69) is 26.1 Å². The highest BCUT2D eigenvalue weighted by Crippen LogP contribution is 2.17. The lowest BCUT2D eigenvalue weighted by Gasteiger charge is -2.29. The van der Waals surface area contributed by atoms with Gasteiger partial charge in [0.1, 0.15) is 0 Å². The summed E-state index contributed by atoms with van der Waals surface area (Å²) in [5, 5.41) is 3.39. The van der Waals surface area contributed by atoms with E-state index in [1.54, 1.807) is 0 Å². The van der Waals surface area contributed by atoms with Crippen molar-refractivity contribution in [2.45, 2.75) is 52.5 Å². The van der Waals surface area contributed by atoms with Gasteiger partial charge in [0.2, 0.25) is 0 Å². The SMILES string of the molecule is CCCO[Si](CCNCCCN)(OCCC)OCCC. The van der Waals surface area contributed by atoms with E-state index in [0.717, 1.165) is 51.4 Å². The molecule has 0 aromatic carbocycles. The van der Waals surface area contributed by atoms with Crippen molar-refractivity contribution in [2.75, 3.05) is 39.5 Å². The lowest BCUT2D eigenvalue weighted by atomic mass is 10.4. The fourth-order valence-electron chi connectivity index (χ4n) is 1.71. The van der Waals surface area contributed by atoms with Gasteiger partial charge in [-0.05, 0) is 45.3 Å². The summed E-state index contributed by atoms with van der Waals surface area (Å²) in [5.41, 5.74) is 5.49. The van der Waals surface area contributed by atoms with Crippen LogP contribution in [0.1, 0.15) is 46.5 Å². The Labute approximate surface area is 125 Å². The van der Waals surface area contributed by atoms with Crippen LogP contribution in [0.3, 0.4) is 0 Å². The monoisotopic (exact) mass is 306 g/mol. The van der Waals surface area contributed by atoms with Crippen LogP contribution < -0.4 is 11.1 Å². The zero-order valence-corrected chi connectivity index (χ0v) is 14.6. The Morgan fingerprint density at radius 1 is 0.850 bits per heavy atom. The molecular weight excluding hydrogens is 272 g/mol. The Hall–Kier alpha value is 0.0169. The first kappa shape index (κ1) is 20.0. The molecule has 0 unspecified atom stereocenters. The van der Waals surface area contributed by atoms with E-state index in [1.807, 2.05) is 0 Å². The molecule has 5 nitrogen and oxygen atoms in total. The maximum atomic E-state index is 6.02. The summed E-state index contributed by atoms with van der Waals surface area (Å²) in [6.07, 6.45) is 3.96. The van der Waals surface area contributed by atoms with Crippen molar-refractivity contribution < 1.29 is 13.3 Å². The van der Waals surface area contributed by atoms with Crippen LogP contribution in [0.5, 0.6) is 0 Å². The first-order valence-electron chi connectivity index (χ1n) is 8.07. The Balaban J connectivity index is 4.34. The Bertz CT molecular complexity index is 187. The van der Waals surface area contributed by atoms with Crippen LogP contribution in [0, 0.1) is 0 Å². The molecule has 0 aliphatic carbocycles. The summed E-state index contributed by atoms with van der Waals surface area (Å²) in [4.78, 5) is 0. The highest BCUT2D eigenvalue weighted by atomic mass is 28.4. The highest BCUT2D eigenvalue weighted by molar-refractivity contribution is 6.60. The molecule has 0 aromatic heterocycles. The topological polar surface area (TPSA) is 65.7 Å². The van der Waals surface area contributed by atoms with Crippen molar-refractivity contribution in [3.05, 3.63) is 0 Å². The van der Waals surface area contributed by atoms with Crippen LogP contribution in [0.4, 0.5) is 0 Å². The zero-order chi connectivity index (χ0) is 15.1. The standard InChI is InChI=1S/C14H34N2O3Si/c1-4-11-17-20(18-12-5-2,19-13-6-3)14-10-16-9-7-8-15/h16H,4-15H2,1-3H3. The average Bonchev–Trinajstić information content (AvgIpc) is 2.48. The predicted octanol–water partition coefficient (Wildman–Crippen LogP) is 2.14. The van der Waals surface area contributed by atoms with Gasteiger partial charge in [-0.3, -0.25) is 0 Å². The van der Waals surface area contributed by atoms with Crippen molar-refractivity contribution >= 4 is 8.80 Å².